The molecule has 1 aromatic rings. The summed E-state index contributed by atoms with van der Waals surface area (Å²) in [5.74, 6) is 0.976. The van der Waals surface area contributed by atoms with E-state index in [9.17, 15) is 0 Å². The van der Waals surface area contributed by atoms with Crippen molar-refractivity contribution in [2.75, 3.05) is 13.1 Å². The Kier molecular flexibility index (Phi) is 2.64. The lowest BCUT2D eigenvalue weighted by Gasteiger charge is -2.03. The van der Waals surface area contributed by atoms with Crippen molar-refractivity contribution in [1.82, 2.24) is 14.9 Å². The Bertz CT molecular complexity index is 263. The molecule has 3 heteroatoms. The van der Waals surface area contributed by atoms with Gasteiger partial charge in [-0.3, -0.25) is 0 Å². The highest BCUT2D eigenvalue weighted by molar-refractivity contribution is 4.92. The molecule has 0 unspecified atom stereocenters. The van der Waals surface area contributed by atoms with Gasteiger partial charge in [-0.05, 0) is 32.2 Å². The number of nitrogens with zero attached hydrogens (tertiary/aromatic N) is 2. The van der Waals surface area contributed by atoms with Crippen molar-refractivity contribution in [1.29, 1.82) is 0 Å². The molecule has 1 heterocycles. The van der Waals surface area contributed by atoms with E-state index in [4.69, 9.17) is 0 Å². The van der Waals surface area contributed by atoms with Gasteiger partial charge in [0.1, 0.15) is 0 Å². The van der Waals surface area contributed by atoms with Crippen LogP contribution in [0, 0.1) is 12.8 Å². The molecule has 0 amide bonds. The van der Waals surface area contributed by atoms with E-state index in [2.05, 4.69) is 21.1 Å². The molecule has 1 fully saturated rings. The van der Waals surface area contributed by atoms with Crippen molar-refractivity contribution in [2.24, 2.45) is 5.92 Å². The minimum absolute atomic E-state index is 0.976. The number of rotatable bonds is 5. The second-order valence-corrected chi connectivity index (χ2v) is 3.90. The van der Waals surface area contributed by atoms with Gasteiger partial charge in [0.05, 0.1) is 12.0 Å². The molecular weight excluding hydrogens is 162 g/mol. The first-order valence-corrected chi connectivity index (χ1v) is 5.03. The van der Waals surface area contributed by atoms with Crippen LogP contribution in [0.4, 0.5) is 0 Å². The molecular formula is C10H17N3. The number of aromatic nitrogens is 2. The zero-order valence-electron chi connectivity index (χ0n) is 8.16. The molecule has 0 saturated heterocycles. The van der Waals surface area contributed by atoms with Gasteiger partial charge in [0.25, 0.3) is 0 Å². The van der Waals surface area contributed by atoms with Crippen LogP contribution in [-0.2, 0) is 6.54 Å². The molecule has 1 N–H and O–H groups in total. The monoisotopic (exact) mass is 179 g/mol. The van der Waals surface area contributed by atoms with Gasteiger partial charge in [-0.1, -0.05) is 0 Å². The summed E-state index contributed by atoms with van der Waals surface area (Å²) < 4.78 is 2.13. The van der Waals surface area contributed by atoms with Crippen LogP contribution in [0.25, 0.3) is 0 Å². The van der Waals surface area contributed by atoms with Gasteiger partial charge < -0.3 is 9.88 Å². The third-order valence-corrected chi connectivity index (χ3v) is 2.44. The summed E-state index contributed by atoms with van der Waals surface area (Å²) in [6, 6.07) is 0. The normalized spacial score (nSPS) is 16.4. The van der Waals surface area contributed by atoms with E-state index in [0.717, 1.165) is 24.7 Å². The molecule has 1 saturated carbocycles. The Labute approximate surface area is 79.2 Å². The summed E-state index contributed by atoms with van der Waals surface area (Å²) in [6.45, 7) is 5.32. The largest absolute Gasteiger partial charge is 0.336 e. The third-order valence-electron chi connectivity index (χ3n) is 2.44. The number of hydrogen-bond donors (Lipinski definition) is 1. The molecule has 0 bridgehead atoms. The fraction of sp³-hybridized carbons (Fsp3) is 0.700. The van der Waals surface area contributed by atoms with Crippen LogP contribution in [0.5, 0.6) is 0 Å². The first-order valence-electron chi connectivity index (χ1n) is 5.03. The standard InChI is InChI=1S/C10H17N3/c1-9-7-13(8-12-9)5-4-11-6-10-2-3-10/h7-8,10-11H,2-6H2,1H3. The summed E-state index contributed by atoms with van der Waals surface area (Å²) in [5, 5.41) is 3.46. The van der Waals surface area contributed by atoms with Crippen LogP contribution in [0.2, 0.25) is 0 Å². The maximum Gasteiger partial charge on any atom is 0.0949 e. The average molecular weight is 179 g/mol. The molecule has 0 radical (unpaired) electrons. The van der Waals surface area contributed by atoms with Crippen LogP contribution in [0.15, 0.2) is 12.5 Å². The maximum atomic E-state index is 4.18. The van der Waals surface area contributed by atoms with Gasteiger partial charge in [-0.25, -0.2) is 4.98 Å². The maximum absolute atomic E-state index is 4.18. The highest BCUT2D eigenvalue weighted by atomic mass is 15.0. The lowest BCUT2D eigenvalue weighted by molar-refractivity contribution is 0.575. The SMILES string of the molecule is Cc1cn(CCNCC2CC2)cn1. The first kappa shape index (κ1) is 8.75. The molecule has 1 aliphatic rings. The predicted molar refractivity (Wildman–Crippen MR) is 52.6 cm³/mol. The Hall–Kier alpha value is -0.830. The molecule has 72 valence electrons. The minimum Gasteiger partial charge on any atom is -0.336 e. The molecule has 1 aromatic heterocycles. The summed E-state index contributed by atoms with van der Waals surface area (Å²) >= 11 is 0. The molecule has 0 spiro atoms. The second kappa shape index (κ2) is 3.92. The van der Waals surface area contributed by atoms with E-state index < -0.39 is 0 Å². The van der Waals surface area contributed by atoms with Gasteiger partial charge in [-0.15, -0.1) is 0 Å². The van der Waals surface area contributed by atoms with Gasteiger partial charge in [0.15, 0.2) is 0 Å². The zero-order chi connectivity index (χ0) is 9.10. The predicted octanol–water partition coefficient (Wildman–Crippen LogP) is 1.19. The van der Waals surface area contributed by atoms with Crippen molar-refractivity contribution in [2.45, 2.75) is 26.3 Å². The Balaban J connectivity index is 1.61. The molecule has 0 aliphatic heterocycles. The molecule has 0 atom stereocenters. The summed E-state index contributed by atoms with van der Waals surface area (Å²) in [4.78, 5) is 4.18. The highest BCUT2D eigenvalue weighted by Gasteiger charge is 2.19. The van der Waals surface area contributed by atoms with Crippen molar-refractivity contribution >= 4 is 0 Å². The van der Waals surface area contributed by atoms with E-state index >= 15 is 0 Å². The first-order chi connectivity index (χ1) is 6.34. The molecule has 0 aromatic carbocycles. The van der Waals surface area contributed by atoms with Gasteiger partial charge >= 0.3 is 0 Å². The topological polar surface area (TPSA) is 29.9 Å². The van der Waals surface area contributed by atoms with Crippen molar-refractivity contribution in [3.8, 4) is 0 Å². The van der Waals surface area contributed by atoms with Crippen molar-refractivity contribution in [3.05, 3.63) is 18.2 Å². The van der Waals surface area contributed by atoms with Gasteiger partial charge in [-0.2, -0.15) is 0 Å². The van der Waals surface area contributed by atoms with E-state index in [0.29, 0.717) is 0 Å². The number of imidazole rings is 1. The Morgan fingerprint density at radius 2 is 2.46 bits per heavy atom. The Morgan fingerprint density at radius 3 is 3.08 bits per heavy atom. The second-order valence-electron chi connectivity index (χ2n) is 3.90. The summed E-state index contributed by atoms with van der Waals surface area (Å²) in [7, 11) is 0. The van der Waals surface area contributed by atoms with Crippen LogP contribution < -0.4 is 5.32 Å². The molecule has 2 rings (SSSR count). The van der Waals surface area contributed by atoms with Gasteiger partial charge in [0, 0.05) is 19.3 Å². The van der Waals surface area contributed by atoms with Crippen LogP contribution >= 0.6 is 0 Å². The smallest absolute Gasteiger partial charge is 0.0949 e. The van der Waals surface area contributed by atoms with Crippen molar-refractivity contribution < 1.29 is 0 Å². The highest BCUT2D eigenvalue weighted by Crippen LogP contribution is 2.27. The summed E-state index contributed by atoms with van der Waals surface area (Å²) in [5.41, 5.74) is 1.10. The lowest BCUT2D eigenvalue weighted by atomic mass is 10.4. The quantitative estimate of drug-likeness (QED) is 0.688. The third kappa shape index (κ3) is 2.84. The van der Waals surface area contributed by atoms with Crippen LogP contribution in [-0.4, -0.2) is 22.6 Å². The average Bonchev–Trinajstić information content (AvgIpc) is 2.84. The number of nitrogens with one attached hydrogen (secondary N) is 1. The molecule has 1 aliphatic carbocycles. The number of hydrogen-bond acceptors (Lipinski definition) is 2. The molecule has 3 nitrogen and oxygen atoms in total. The van der Waals surface area contributed by atoms with E-state index in [-0.39, 0.29) is 0 Å². The lowest BCUT2D eigenvalue weighted by Crippen LogP contribution is -2.21. The fourth-order valence-electron chi connectivity index (χ4n) is 1.43. The van der Waals surface area contributed by atoms with E-state index in [1.54, 1.807) is 0 Å². The van der Waals surface area contributed by atoms with Crippen LogP contribution in [0.3, 0.4) is 0 Å². The Morgan fingerprint density at radius 1 is 1.62 bits per heavy atom. The van der Waals surface area contributed by atoms with E-state index in [1.807, 2.05) is 13.3 Å². The zero-order valence-corrected chi connectivity index (χ0v) is 8.16. The minimum atomic E-state index is 0.976. The molecule has 13 heavy (non-hydrogen) atoms. The fourth-order valence-corrected chi connectivity index (χ4v) is 1.43. The van der Waals surface area contributed by atoms with Crippen molar-refractivity contribution in [3.63, 3.8) is 0 Å². The van der Waals surface area contributed by atoms with E-state index in [1.165, 1.54) is 19.4 Å². The van der Waals surface area contributed by atoms with Crippen LogP contribution in [0.1, 0.15) is 18.5 Å². The summed E-state index contributed by atoms with van der Waals surface area (Å²) in [6.07, 6.45) is 6.83. The number of aryl methyl sites for hydroxylation is 1. The van der Waals surface area contributed by atoms with Gasteiger partial charge in [0.2, 0.25) is 0 Å².